The Bertz CT molecular complexity index is 1820. The van der Waals surface area contributed by atoms with E-state index in [1.165, 1.54) is 12.1 Å². The number of para-hydroxylation sites is 1. The number of hydrogen-bond donors (Lipinski definition) is 6. The molecule has 1 saturated heterocycles. The summed E-state index contributed by atoms with van der Waals surface area (Å²) in [4.78, 5) is 42.0. The van der Waals surface area contributed by atoms with Gasteiger partial charge in [-0.3, -0.25) is 14.9 Å². The summed E-state index contributed by atoms with van der Waals surface area (Å²) in [5.74, 6) is 1.04. The van der Waals surface area contributed by atoms with Gasteiger partial charge in [0, 0.05) is 56.2 Å². The topological polar surface area (TPSA) is 156 Å². The second kappa shape index (κ2) is 17.5. The fourth-order valence-corrected chi connectivity index (χ4v) is 7.33. The first-order valence-corrected chi connectivity index (χ1v) is 18.2. The number of aromatic hydroxyl groups is 1. The summed E-state index contributed by atoms with van der Waals surface area (Å²) in [6.45, 7) is 4.14. The van der Waals surface area contributed by atoms with Crippen molar-refractivity contribution in [1.82, 2.24) is 20.5 Å². The molecular weight excluding hydrogens is 646 g/mol. The van der Waals surface area contributed by atoms with E-state index in [2.05, 4.69) is 25.8 Å². The molecule has 0 unspecified atom stereocenters. The molecule has 6 rings (SSSR count). The summed E-state index contributed by atoms with van der Waals surface area (Å²) < 4.78 is 5.76. The maximum Gasteiger partial charge on any atom is 0.411 e. The Labute approximate surface area is 298 Å². The molecule has 1 aromatic heterocycles. The Balaban J connectivity index is 0.825. The van der Waals surface area contributed by atoms with Crippen molar-refractivity contribution in [1.29, 1.82) is 0 Å². The minimum Gasteiger partial charge on any atom is -0.506 e. The number of phenolic OH excluding ortho intramolecular Hbond substituents is 1. The van der Waals surface area contributed by atoms with E-state index in [-0.39, 0.29) is 23.3 Å². The number of fused-ring (bicyclic) bond motifs is 1. The number of aliphatic hydroxyl groups is 1. The van der Waals surface area contributed by atoms with Gasteiger partial charge in [0.15, 0.2) is 0 Å². The van der Waals surface area contributed by atoms with Gasteiger partial charge in [-0.05, 0) is 86.2 Å². The second-order valence-electron chi connectivity index (χ2n) is 13.9. The third kappa shape index (κ3) is 9.96. The van der Waals surface area contributed by atoms with Crippen molar-refractivity contribution in [2.45, 2.75) is 57.2 Å². The van der Waals surface area contributed by atoms with Crippen molar-refractivity contribution in [2.75, 3.05) is 44.6 Å². The highest BCUT2D eigenvalue weighted by Gasteiger charge is 2.25. The van der Waals surface area contributed by atoms with Crippen molar-refractivity contribution in [3.05, 3.63) is 94.8 Å². The lowest BCUT2D eigenvalue weighted by Crippen LogP contribution is -2.40. The van der Waals surface area contributed by atoms with E-state index in [4.69, 9.17) is 4.74 Å². The van der Waals surface area contributed by atoms with Gasteiger partial charge in [0.05, 0.1) is 17.3 Å². The molecule has 0 bridgehead atoms. The number of carbonyl (C=O) groups is 2. The Kier molecular flexibility index (Phi) is 12.4. The number of likely N-dealkylation sites (tertiary alicyclic amines) is 1. The lowest BCUT2D eigenvalue weighted by molar-refractivity contribution is -0.121. The highest BCUT2D eigenvalue weighted by Crippen LogP contribution is 2.31. The van der Waals surface area contributed by atoms with Crippen LogP contribution in [0.1, 0.15) is 56.6 Å². The van der Waals surface area contributed by atoms with Crippen LogP contribution in [0.4, 0.5) is 10.5 Å². The number of carbonyl (C=O) groups excluding carboxylic acids is 2. The summed E-state index contributed by atoms with van der Waals surface area (Å²) in [7, 11) is 0. The molecule has 2 amide bonds. The van der Waals surface area contributed by atoms with E-state index in [9.17, 15) is 24.6 Å². The number of aromatic amines is 1. The second-order valence-corrected chi connectivity index (χ2v) is 13.9. The number of phenols is 1. The number of nitrogens with one attached hydrogen (secondary N) is 4. The number of benzene rings is 3. The predicted molar refractivity (Wildman–Crippen MR) is 199 cm³/mol. The number of nitrogens with zero attached hydrogens (tertiary/aromatic N) is 1. The Morgan fingerprint density at radius 1 is 0.863 bits per heavy atom. The minimum atomic E-state index is -0.772. The van der Waals surface area contributed by atoms with E-state index < -0.39 is 12.2 Å². The van der Waals surface area contributed by atoms with Crippen LogP contribution in [0.2, 0.25) is 0 Å². The Morgan fingerprint density at radius 2 is 1.57 bits per heavy atom. The van der Waals surface area contributed by atoms with E-state index in [1.807, 2.05) is 54.6 Å². The molecule has 51 heavy (non-hydrogen) atoms. The molecule has 6 N–H and O–H groups in total. The van der Waals surface area contributed by atoms with Crippen LogP contribution in [0.3, 0.4) is 0 Å². The number of pyridine rings is 1. The number of rotatable bonds is 13. The third-order valence-electron chi connectivity index (χ3n) is 10.3. The first-order chi connectivity index (χ1) is 24.8. The maximum atomic E-state index is 12.7. The summed E-state index contributed by atoms with van der Waals surface area (Å²) in [5, 5.41) is 31.0. The molecule has 1 atom stereocenters. The number of anilines is 1. The quantitative estimate of drug-likeness (QED) is 0.106. The van der Waals surface area contributed by atoms with Gasteiger partial charge in [0.2, 0.25) is 11.5 Å². The first-order valence-electron chi connectivity index (χ1n) is 18.2. The molecule has 11 nitrogen and oxygen atoms in total. The SMILES string of the molecule is O=C(CCN1CCC(OC(=O)Nc2ccccc2-c2ccccc2)CC1)NCC1CCC(CNC[C@H](O)c2ccc(O)c3[nH]c(=O)ccc23)CC1. The fraction of sp³-hybridized carbons (Fsp3) is 0.425. The summed E-state index contributed by atoms with van der Waals surface area (Å²) in [6.07, 6.45) is 4.82. The molecule has 1 aliphatic carbocycles. The number of H-pyrrole nitrogens is 1. The molecule has 2 heterocycles. The van der Waals surface area contributed by atoms with Crippen LogP contribution in [-0.4, -0.2) is 77.5 Å². The van der Waals surface area contributed by atoms with Gasteiger partial charge < -0.3 is 35.5 Å². The molecule has 2 fully saturated rings. The smallest absolute Gasteiger partial charge is 0.411 e. The molecule has 0 spiro atoms. The van der Waals surface area contributed by atoms with Crippen LogP contribution in [0.25, 0.3) is 22.0 Å². The number of aromatic nitrogens is 1. The van der Waals surface area contributed by atoms with Gasteiger partial charge in [0.25, 0.3) is 0 Å². The molecule has 11 heteroatoms. The molecule has 3 aromatic carbocycles. The Morgan fingerprint density at radius 3 is 2.33 bits per heavy atom. The highest BCUT2D eigenvalue weighted by molar-refractivity contribution is 5.91. The minimum absolute atomic E-state index is 0.0211. The lowest BCUT2D eigenvalue weighted by Gasteiger charge is -2.31. The van der Waals surface area contributed by atoms with Gasteiger partial charge in [-0.1, -0.05) is 54.6 Å². The van der Waals surface area contributed by atoms with Gasteiger partial charge in [0.1, 0.15) is 11.9 Å². The highest BCUT2D eigenvalue weighted by atomic mass is 16.6. The summed E-state index contributed by atoms with van der Waals surface area (Å²) in [5.41, 5.74) is 3.38. The van der Waals surface area contributed by atoms with Crippen molar-refractivity contribution in [2.24, 2.45) is 11.8 Å². The van der Waals surface area contributed by atoms with Crippen LogP contribution in [0.15, 0.2) is 83.7 Å². The Hall–Kier alpha value is -4.71. The normalized spacial score (nSPS) is 19.0. The number of piperidine rings is 1. The predicted octanol–water partition coefficient (Wildman–Crippen LogP) is 5.55. The van der Waals surface area contributed by atoms with E-state index in [0.717, 1.165) is 75.0 Å². The van der Waals surface area contributed by atoms with Crippen LogP contribution < -0.4 is 21.5 Å². The average molecular weight is 696 g/mol. The number of amides is 2. The van der Waals surface area contributed by atoms with Crippen molar-refractivity contribution < 1.29 is 24.5 Å². The fourth-order valence-electron chi connectivity index (χ4n) is 7.33. The maximum absolute atomic E-state index is 12.7. The molecule has 4 aromatic rings. The molecule has 270 valence electrons. The molecule has 1 saturated carbocycles. The summed E-state index contributed by atoms with van der Waals surface area (Å²) in [6, 6.07) is 23.9. The van der Waals surface area contributed by atoms with Crippen molar-refractivity contribution in [3.8, 4) is 16.9 Å². The van der Waals surface area contributed by atoms with Crippen molar-refractivity contribution >= 4 is 28.6 Å². The molecule has 0 radical (unpaired) electrons. The number of aliphatic hydroxyl groups excluding tert-OH is 1. The van der Waals surface area contributed by atoms with E-state index in [1.54, 1.807) is 12.1 Å². The largest absolute Gasteiger partial charge is 0.506 e. The summed E-state index contributed by atoms with van der Waals surface area (Å²) >= 11 is 0. The number of hydrogen-bond acceptors (Lipinski definition) is 8. The molecule has 2 aliphatic rings. The lowest BCUT2D eigenvalue weighted by atomic mass is 9.82. The first kappa shape index (κ1) is 36.1. The number of ether oxygens (including phenoxy) is 1. The average Bonchev–Trinajstić information content (AvgIpc) is 3.15. The van der Waals surface area contributed by atoms with Gasteiger partial charge in [-0.2, -0.15) is 0 Å². The van der Waals surface area contributed by atoms with Crippen LogP contribution >= 0.6 is 0 Å². The van der Waals surface area contributed by atoms with Crippen molar-refractivity contribution in [3.63, 3.8) is 0 Å². The van der Waals surface area contributed by atoms with Gasteiger partial charge in [-0.15, -0.1) is 0 Å². The van der Waals surface area contributed by atoms with Crippen LogP contribution in [0.5, 0.6) is 5.75 Å². The van der Waals surface area contributed by atoms with Crippen LogP contribution in [0, 0.1) is 11.8 Å². The van der Waals surface area contributed by atoms with E-state index >= 15 is 0 Å². The standard InChI is InChI=1S/C40H49N5O6/c46-35-16-14-32(33-15-17-38(49)44-39(33)35)36(47)26-41-24-27-10-12-28(13-11-27)25-42-37(48)20-23-45-21-18-30(19-22-45)51-40(50)43-34-9-5-4-8-31(34)29-6-2-1-3-7-29/h1-9,14-17,27-28,30,36,41,46-47H,10-13,18-26H2,(H,42,48)(H,43,50)(H,44,49)/t27?,28?,36-/m0/s1. The zero-order valence-electron chi connectivity index (χ0n) is 29.0. The third-order valence-corrected chi connectivity index (χ3v) is 10.3. The monoisotopic (exact) mass is 695 g/mol. The zero-order valence-corrected chi connectivity index (χ0v) is 29.0. The van der Waals surface area contributed by atoms with Gasteiger partial charge >= 0.3 is 6.09 Å². The molecule has 1 aliphatic heterocycles. The van der Waals surface area contributed by atoms with Gasteiger partial charge in [-0.25, -0.2) is 4.79 Å². The molecular formula is C40H49N5O6. The van der Waals surface area contributed by atoms with Crippen LogP contribution in [-0.2, 0) is 9.53 Å². The zero-order chi connectivity index (χ0) is 35.6. The van der Waals surface area contributed by atoms with E-state index in [0.29, 0.717) is 54.4 Å².